The molecule has 0 atom stereocenters. The van der Waals surface area contributed by atoms with Crippen LogP contribution in [0.1, 0.15) is 44.7 Å². The number of benzene rings is 1. The molecular formula is C16H26N2S. The van der Waals surface area contributed by atoms with Gasteiger partial charge >= 0.3 is 0 Å². The number of aryl methyl sites for hydroxylation is 1. The third kappa shape index (κ3) is 4.20. The largest absolute Gasteiger partial charge is 0.389 e. The van der Waals surface area contributed by atoms with Crippen LogP contribution in [0.2, 0.25) is 0 Å². The summed E-state index contributed by atoms with van der Waals surface area (Å²) in [6.45, 7) is 11.0. The highest BCUT2D eigenvalue weighted by Gasteiger charge is 2.12. The van der Waals surface area contributed by atoms with Gasteiger partial charge in [-0.05, 0) is 43.5 Å². The Morgan fingerprint density at radius 3 is 2.32 bits per heavy atom. The normalized spacial score (nSPS) is 10.8. The van der Waals surface area contributed by atoms with E-state index < -0.39 is 0 Å². The second-order valence-electron chi connectivity index (χ2n) is 5.08. The molecule has 0 spiro atoms. The molecule has 2 N–H and O–H groups in total. The zero-order valence-electron chi connectivity index (χ0n) is 12.6. The molecule has 2 nitrogen and oxygen atoms in total. The van der Waals surface area contributed by atoms with E-state index in [2.05, 4.69) is 44.7 Å². The van der Waals surface area contributed by atoms with Crippen LogP contribution in [-0.4, -0.2) is 18.1 Å². The summed E-state index contributed by atoms with van der Waals surface area (Å²) in [6.07, 6.45) is 2.47. The van der Waals surface area contributed by atoms with E-state index >= 15 is 0 Å². The summed E-state index contributed by atoms with van der Waals surface area (Å²) in [7, 11) is 0. The molecule has 0 fully saturated rings. The number of thiocarbonyl (C=S) groups is 1. The molecule has 1 aromatic carbocycles. The van der Waals surface area contributed by atoms with Gasteiger partial charge in [0.2, 0.25) is 0 Å². The van der Waals surface area contributed by atoms with Gasteiger partial charge in [-0.1, -0.05) is 38.9 Å². The molecule has 0 aromatic heterocycles. The molecule has 0 bridgehead atoms. The van der Waals surface area contributed by atoms with Crippen LogP contribution in [0.3, 0.4) is 0 Å². The van der Waals surface area contributed by atoms with Gasteiger partial charge in [-0.15, -0.1) is 0 Å². The van der Waals surface area contributed by atoms with E-state index in [0.29, 0.717) is 4.99 Å². The molecule has 0 aliphatic rings. The van der Waals surface area contributed by atoms with Gasteiger partial charge in [-0.25, -0.2) is 0 Å². The van der Waals surface area contributed by atoms with Gasteiger partial charge in [0, 0.05) is 24.3 Å². The molecule has 0 aliphatic heterocycles. The van der Waals surface area contributed by atoms with E-state index in [-0.39, 0.29) is 0 Å². The molecule has 0 aliphatic carbocycles. The van der Waals surface area contributed by atoms with E-state index in [1.807, 2.05) is 6.07 Å². The average Bonchev–Trinajstić information content (AvgIpc) is 2.39. The van der Waals surface area contributed by atoms with E-state index in [1.54, 1.807) is 0 Å². The summed E-state index contributed by atoms with van der Waals surface area (Å²) < 4.78 is 0. The average molecular weight is 278 g/mol. The van der Waals surface area contributed by atoms with Crippen molar-refractivity contribution in [3.05, 3.63) is 29.3 Å². The maximum Gasteiger partial charge on any atom is 0.104 e. The molecular weight excluding hydrogens is 252 g/mol. The van der Waals surface area contributed by atoms with Crippen LogP contribution in [0.4, 0.5) is 5.69 Å². The van der Waals surface area contributed by atoms with E-state index in [0.717, 1.165) is 30.1 Å². The number of nitrogens with zero attached hydrogens (tertiary/aromatic N) is 1. The Morgan fingerprint density at radius 2 is 1.89 bits per heavy atom. The molecule has 1 aromatic rings. The zero-order chi connectivity index (χ0) is 14.4. The first-order valence-electron chi connectivity index (χ1n) is 7.18. The van der Waals surface area contributed by atoms with E-state index in [4.69, 9.17) is 18.0 Å². The summed E-state index contributed by atoms with van der Waals surface area (Å²) in [5.74, 6) is 0.760. The Hall–Kier alpha value is -1.09. The highest BCUT2D eigenvalue weighted by Crippen LogP contribution is 2.21. The van der Waals surface area contributed by atoms with Gasteiger partial charge in [0.05, 0.1) is 0 Å². The molecule has 0 saturated carbocycles. The monoisotopic (exact) mass is 278 g/mol. The first-order chi connectivity index (χ1) is 9.03. The van der Waals surface area contributed by atoms with Gasteiger partial charge in [0.15, 0.2) is 0 Å². The minimum atomic E-state index is 0.479. The van der Waals surface area contributed by atoms with Gasteiger partial charge in [-0.3, -0.25) is 0 Å². The highest BCUT2D eigenvalue weighted by atomic mass is 32.1. The smallest absolute Gasteiger partial charge is 0.104 e. The lowest BCUT2D eigenvalue weighted by Gasteiger charge is -2.28. The van der Waals surface area contributed by atoms with Crippen molar-refractivity contribution in [2.75, 3.05) is 18.0 Å². The van der Waals surface area contributed by atoms with Crippen LogP contribution in [0.5, 0.6) is 0 Å². The molecule has 0 amide bonds. The Labute approximate surface area is 123 Å². The Kier molecular flexibility index (Phi) is 6.29. The van der Waals surface area contributed by atoms with Crippen LogP contribution in [0, 0.1) is 12.8 Å². The second-order valence-corrected chi connectivity index (χ2v) is 5.52. The van der Waals surface area contributed by atoms with Crippen molar-refractivity contribution in [2.45, 2.75) is 40.5 Å². The summed E-state index contributed by atoms with van der Waals surface area (Å²) in [5, 5.41) is 0. The number of nitrogens with two attached hydrogens (primary N) is 1. The van der Waals surface area contributed by atoms with Crippen molar-refractivity contribution >= 4 is 22.9 Å². The quantitative estimate of drug-likeness (QED) is 0.767. The van der Waals surface area contributed by atoms with Crippen LogP contribution in [0.25, 0.3) is 0 Å². The van der Waals surface area contributed by atoms with Crippen molar-refractivity contribution < 1.29 is 0 Å². The summed E-state index contributed by atoms with van der Waals surface area (Å²) in [4.78, 5) is 2.92. The predicted octanol–water partition coefficient (Wildman–Crippen LogP) is 3.89. The van der Waals surface area contributed by atoms with Crippen molar-refractivity contribution in [3.63, 3.8) is 0 Å². The molecule has 19 heavy (non-hydrogen) atoms. The highest BCUT2D eigenvalue weighted by molar-refractivity contribution is 7.80. The number of rotatable bonds is 7. The van der Waals surface area contributed by atoms with E-state index in [9.17, 15) is 0 Å². The van der Waals surface area contributed by atoms with Gasteiger partial charge in [-0.2, -0.15) is 0 Å². The number of anilines is 1. The van der Waals surface area contributed by atoms with Gasteiger partial charge in [0.1, 0.15) is 4.99 Å². The van der Waals surface area contributed by atoms with Crippen molar-refractivity contribution in [1.82, 2.24) is 0 Å². The summed E-state index contributed by atoms with van der Waals surface area (Å²) >= 11 is 5.06. The lowest BCUT2D eigenvalue weighted by molar-refractivity contribution is 0.486. The fourth-order valence-electron chi connectivity index (χ4n) is 2.40. The van der Waals surface area contributed by atoms with Crippen LogP contribution in [-0.2, 0) is 0 Å². The lowest BCUT2D eigenvalue weighted by Crippen LogP contribution is -2.29. The van der Waals surface area contributed by atoms with Gasteiger partial charge in [0.25, 0.3) is 0 Å². The molecule has 0 heterocycles. The fraction of sp³-hybridized carbons (Fsp3) is 0.562. The van der Waals surface area contributed by atoms with Crippen LogP contribution >= 0.6 is 12.2 Å². The Morgan fingerprint density at radius 1 is 1.26 bits per heavy atom. The maximum absolute atomic E-state index is 5.71. The van der Waals surface area contributed by atoms with Gasteiger partial charge < -0.3 is 10.6 Å². The fourth-order valence-corrected chi connectivity index (χ4v) is 2.63. The predicted molar refractivity (Wildman–Crippen MR) is 89.0 cm³/mol. The molecule has 106 valence electrons. The Balaban J connectivity index is 2.93. The van der Waals surface area contributed by atoms with Crippen LogP contribution in [0.15, 0.2) is 18.2 Å². The minimum Gasteiger partial charge on any atom is -0.389 e. The number of hydrogen-bond donors (Lipinski definition) is 1. The zero-order valence-corrected chi connectivity index (χ0v) is 13.4. The third-order valence-electron chi connectivity index (χ3n) is 3.86. The first kappa shape index (κ1) is 16.0. The van der Waals surface area contributed by atoms with Crippen molar-refractivity contribution in [2.24, 2.45) is 11.7 Å². The standard InChI is InChI=1S/C16H26N2S/c1-5-13(6-2)11-18(7-3)14-8-9-15(16(17)19)12(4)10-14/h8-10,13H,5-7,11H2,1-4H3,(H2,17,19). The molecule has 0 unspecified atom stereocenters. The molecule has 3 heteroatoms. The Bertz CT molecular complexity index is 425. The van der Waals surface area contributed by atoms with Crippen molar-refractivity contribution in [3.8, 4) is 0 Å². The maximum atomic E-state index is 5.71. The molecule has 0 saturated heterocycles. The first-order valence-corrected chi connectivity index (χ1v) is 7.59. The minimum absolute atomic E-state index is 0.479. The molecule has 1 rings (SSSR count). The second kappa shape index (κ2) is 7.49. The van der Waals surface area contributed by atoms with Crippen molar-refractivity contribution in [1.29, 1.82) is 0 Å². The topological polar surface area (TPSA) is 29.3 Å². The summed E-state index contributed by atoms with van der Waals surface area (Å²) in [6, 6.07) is 6.37. The summed E-state index contributed by atoms with van der Waals surface area (Å²) in [5.41, 5.74) is 9.13. The number of hydrogen-bond acceptors (Lipinski definition) is 2. The van der Waals surface area contributed by atoms with Crippen LogP contribution < -0.4 is 10.6 Å². The van der Waals surface area contributed by atoms with E-state index in [1.165, 1.54) is 18.5 Å². The third-order valence-corrected chi connectivity index (χ3v) is 4.08. The lowest BCUT2D eigenvalue weighted by atomic mass is 10.0. The SMILES string of the molecule is CCC(CC)CN(CC)c1ccc(C(N)=S)c(C)c1. The molecule has 0 radical (unpaired) electrons.